The lowest BCUT2D eigenvalue weighted by Gasteiger charge is -2.18. The van der Waals surface area contributed by atoms with Crippen LogP contribution in [0.1, 0.15) is 32.8 Å². The first-order valence-corrected chi connectivity index (χ1v) is 5.50. The third-order valence-corrected chi connectivity index (χ3v) is 2.15. The van der Waals surface area contributed by atoms with Gasteiger partial charge in [-0.2, -0.15) is 17.7 Å². The first-order valence-electron chi connectivity index (χ1n) is 4.86. The summed E-state index contributed by atoms with van der Waals surface area (Å²) in [4.78, 5) is 0. The van der Waals surface area contributed by atoms with Gasteiger partial charge in [-0.05, 0) is 32.9 Å². The molecule has 78 valence electrons. The van der Waals surface area contributed by atoms with E-state index in [-0.39, 0.29) is 5.54 Å². The summed E-state index contributed by atoms with van der Waals surface area (Å²) in [6, 6.07) is 0. The van der Waals surface area contributed by atoms with Crippen LogP contribution in [0.2, 0.25) is 0 Å². The van der Waals surface area contributed by atoms with Crippen molar-refractivity contribution in [1.82, 2.24) is 9.78 Å². The topological polar surface area (TPSA) is 17.8 Å². The van der Waals surface area contributed by atoms with E-state index in [0.717, 1.165) is 17.7 Å². The smallest absolute Gasteiger partial charge is 0.0562 e. The van der Waals surface area contributed by atoms with Crippen molar-refractivity contribution in [2.45, 2.75) is 32.7 Å². The van der Waals surface area contributed by atoms with Crippen LogP contribution in [0, 0.1) is 0 Å². The van der Waals surface area contributed by atoms with E-state index in [2.05, 4.69) is 56.8 Å². The molecule has 0 bridgehead atoms. The third-order valence-electron chi connectivity index (χ3n) is 1.90. The molecule has 0 spiro atoms. The summed E-state index contributed by atoms with van der Waals surface area (Å²) >= 11 is 4.15. The van der Waals surface area contributed by atoms with Gasteiger partial charge in [-0.1, -0.05) is 12.2 Å². The molecule has 0 N–H and O–H groups in total. The zero-order chi connectivity index (χ0) is 10.6. The van der Waals surface area contributed by atoms with Crippen molar-refractivity contribution >= 4 is 18.7 Å². The second-order valence-electron chi connectivity index (χ2n) is 4.30. The number of hydrogen-bond acceptors (Lipinski definition) is 2. The summed E-state index contributed by atoms with van der Waals surface area (Å²) in [6.07, 6.45) is 9.17. The van der Waals surface area contributed by atoms with Gasteiger partial charge in [0.05, 0.1) is 11.7 Å². The molecule has 0 saturated carbocycles. The van der Waals surface area contributed by atoms with Gasteiger partial charge >= 0.3 is 0 Å². The second kappa shape index (κ2) is 4.69. The van der Waals surface area contributed by atoms with Gasteiger partial charge in [0, 0.05) is 11.8 Å². The van der Waals surface area contributed by atoms with E-state index in [4.69, 9.17) is 0 Å². The highest BCUT2D eigenvalue weighted by Crippen LogP contribution is 2.13. The Labute approximate surface area is 91.4 Å². The standard InChI is InChI=1S/C11H18N2S/c1-11(2,3)13-9-10(8-12-13)6-4-5-7-14/h4,6,8-9,14H,5,7H2,1-3H3. The van der Waals surface area contributed by atoms with Crippen LogP contribution in [-0.2, 0) is 5.54 Å². The Hall–Kier alpha value is -0.700. The van der Waals surface area contributed by atoms with Gasteiger partial charge in [-0.15, -0.1) is 0 Å². The van der Waals surface area contributed by atoms with Crippen molar-refractivity contribution in [3.63, 3.8) is 0 Å². The molecule has 0 saturated heterocycles. The molecule has 0 aliphatic heterocycles. The summed E-state index contributed by atoms with van der Waals surface area (Å²) in [5, 5.41) is 4.31. The minimum absolute atomic E-state index is 0.0651. The normalized spacial score (nSPS) is 12.6. The summed E-state index contributed by atoms with van der Waals surface area (Å²) in [6.45, 7) is 6.42. The van der Waals surface area contributed by atoms with Gasteiger partial charge < -0.3 is 0 Å². The molecule has 1 aromatic rings. The van der Waals surface area contributed by atoms with Crippen molar-refractivity contribution in [3.8, 4) is 0 Å². The Balaban J connectivity index is 2.69. The van der Waals surface area contributed by atoms with Crippen LogP contribution in [0.4, 0.5) is 0 Å². The lowest BCUT2D eigenvalue weighted by molar-refractivity contribution is 0.355. The fourth-order valence-electron chi connectivity index (χ4n) is 1.08. The summed E-state index contributed by atoms with van der Waals surface area (Å²) in [5.41, 5.74) is 1.22. The Kier molecular flexibility index (Phi) is 3.81. The highest BCUT2D eigenvalue weighted by Gasteiger charge is 2.12. The van der Waals surface area contributed by atoms with Gasteiger partial charge in [0.25, 0.3) is 0 Å². The van der Waals surface area contributed by atoms with Gasteiger partial charge in [-0.3, -0.25) is 4.68 Å². The van der Waals surface area contributed by atoms with Crippen LogP contribution in [0.3, 0.4) is 0 Å². The maximum absolute atomic E-state index is 4.31. The van der Waals surface area contributed by atoms with E-state index in [1.807, 2.05) is 10.9 Å². The van der Waals surface area contributed by atoms with Gasteiger partial charge in [-0.25, -0.2) is 0 Å². The van der Waals surface area contributed by atoms with Crippen LogP contribution >= 0.6 is 12.6 Å². The number of thiol groups is 1. The minimum atomic E-state index is 0.0651. The number of allylic oxidation sites excluding steroid dienone is 1. The average Bonchev–Trinajstić information content (AvgIpc) is 2.52. The lowest BCUT2D eigenvalue weighted by Crippen LogP contribution is -2.21. The van der Waals surface area contributed by atoms with Crippen LogP contribution < -0.4 is 0 Å². The molecule has 0 aliphatic carbocycles. The van der Waals surface area contributed by atoms with Crippen molar-refractivity contribution in [2.24, 2.45) is 0 Å². The molecule has 1 heterocycles. The van der Waals surface area contributed by atoms with Gasteiger partial charge in [0.1, 0.15) is 0 Å². The van der Waals surface area contributed by atoms with Crippen molar-refractivity contribution in [2.75, 3.05) is 5.75 Å². The van der Waals surface area contributed by atoms with Crippen LogP contribution in [0.5, 0.6) is 0 Å². The Morgan fingerprint density at radius 1 is 1.50 bits per heavy atom. The Bertz CT molecular complexity index is 307. The molecular weight excluding hydrogens is 192 g/mol. The molecule has 0 unspecified atom stereocenters. The number of aromatic nitrogens is 2. The van der Waals surface area contributed by atoms with Crippen molar-refractivity contribution in [3.05, 3.63) is 24.0 Å². The Morgan fingerprint density at radius 2 is 2.21 bits per heavy atom. The molecule has 2 nitrogen and oxygen atoms in total. The molecule has 3 heteroatoms. The maximum Gasteiger partial charge on any atom is 0.0562 e. The van der Waals surface area contributed by atoms with E-state index in [1.165, 1.54) is 0 Å². The fourth-order valence-corrected chi connectivity index (χ4v) is 1.23. The minimum Gasteiger partial charge on any atom is -0.267 e. The van der Waals surface area contributed by atoms with E-state index in [1.54, 1.807) is 0 Å². The average molecular weight is 210 g/mol. The molecule has 0 atom stereocenters. The molecule has 0 radical (unpaired) electrons. The highest BCUT2D eigenvalue weighted by molar-refractivity contribution is 7.80. The number of nitrogens with zero attached hydrogens (tertiary/aromatic N) is 2. The molecular formula is C11H18N2S. The molecule has 1 aromatic heterocycles. The zero-order valence-corrected chi connectivity index (χ0v) is 9.96. The maximum atomic E-state index is 4.31. The summed E-state index contributed by atoms with van der Waals surface area (Å²) in [7, 11) is 0. The van der Waals surface area contributed by atoms with E-state index in [9.17, 15) is 0 Å². The van der Waals surface area contributed by atoms with Crippen LogP contribution in [0.15, 0.2) is 18.5 Å². The first kappa shape index (κ1) is 11.4. The van der Waals surface area contributed by atoms with Crippen LogP contribution in [-0.4, -0.2) is 15.5 Å². The predicted octanol–water partition coefficient (Wildman–Crippen LogP) is 2.97. The van der Waals surface area contributed by atoms with E-state index >= 15 is 0 Å². The lowest BCUT2D eigenvalue weighted by atomic mass is 10.1. The first-order chi connectivity index (χ1) is 6.54. The molecule has 0 aromatic carbocycles. The second-order valence-corrected chi connectivity index (χ2v) is 4.75. The van der Waals surface area contributed by atoms with E-state index < -0.39 is 0 Å². The van der Waals surface area contributed by atoms with Gasteiger partial charge in [0.15, 0.2) is 0 Å². The van der Waals surface area contributed by atoms with Crippen molar-refractivity contribution < 1.29 is 0 Å². The molecule has 0 amide bonds. The highest BCUT2D eigenvalue weighted by atomic mass is 32.1. The SMILES string of the molecule is CC(C)(C)n1cc(C=CCCS)cn1. The predicted molar refractivity (Wildman–Crippen MR) is 64.7 cm³/mol. The van der Waals surface area contributed by atoms with E-state index in [0.29, 0.717) is 0 Å². The molecule has 0 aliphatic rings. The quantitative estimate of drug-likeness (QED) is 0.759. The number of hydrogen-bond donors (Lipinski definition) is 1. The molecule has 14 heavy (non-hydrogen) atoms. The molecule has 0 fully saturated rings. The number of rotatable bonds is 3. The Morgan fingerprint density at radius 3 is 2.71 bits per heavy atom. The largest absolute Gasteiger partial charge is 0.267 e. The summed E-state index contributed by atoms with van der Waals surface area (Å²) < 4.78 is 1.98. The molecule has 1 rings (SSSR count). The van der Waals surface area contributed by atoms with Crippen LogP contribution in [0.25, 0.3) is 6.08 Å². The van der Waals surface area contributed by atoms with Crippen molar-refractivity contribution in [1.29, 1.82) is 0 Å². The zero-order valence-electron chi connectivity index (χ0n) is 9.07. The van der Waals surface area contributed by atoms with Gasteiger partial charge in [0.2, 0.25) is 0 Å². The third kappa shape index (κ3) is 3.22. The fraction of sp³-hybridized carbons (Fsp3) is 0.545. The monoisotopic (exact) mass is 210 g/mol. The summed E-state index contributed by atoms with van der Waals surface area (Å²) in [5.74, 6) is 0.893.